The molecule has 1 fully saturated rings. The van der Waals surface area contributed by atoms with Gasteiger partial charge in [0.2, 0.25) is 11.4 Å². The summed E-state index contributed by atoms with van der Waals surface area (Å²) in [4.78, 5) is 4.93. The van der Waals surface area contributed by atoms with E-state index in [1.54, 1.807) is 0 Å². The quantitative estimate of drug-likeness (QED) is 0.0826. The second-order valence-corrected chi connectivity index (χ2v) is 19.6. The van der Waals surface area contributed by atoms with Crippen LogP contribution in [0, 0.1) is 6.67 Å². The van der Waals surface area contributed by atoms with Gasteiger partial charge < -0.3 is 4.74 Å². The van der Waals surface area contributed by atoms with Gasteiger partial charge in [0.15, 0.2) is 18.0 Å². The summed E-state index contributed by atoms with van der Waals surface area (Å²) in [7, 11) is 0. The molecule has 61 heavy (non-hydrogen) atoms. The fraction of sp³-hybridized carbons (Fsp3) is 0.250. The fourth-order valence-corrected chi connectivity index (χ4v) is 9.74. The molecule has 0 radical (unpaired) electrons. The summed E-state index contributed by atoms with van der Waals surface area (Å²) in [6.07, 6.45) is 3.98. The summed E-state index contributed by atoms with van der Waals surface area (Å²) in [6, 6.07) is 53.6. The Kier molecular flexibility index (Phi) is 8.83. The molecule has 10 rings (SSSR count). The molecule has 5 heteroatoms. The van der Waals surface area contributed by atoms with E-state index >= 15 is 0 Å². The van der Waals surface area contributed by atoms with Gasteiger partial charge in [0.1, 0.15) is 17.3 Å². The maximum Gasteiger partial charge on any atom is 0.225 e. The van der Waals surface area contributed by atoms with E-state index < -0.39 is 0 Å². The van der Waals surface area contributed by atoms with E-state index in [9.17, 15) is 0 Å². The normalized spacial score (nSPS) is 18.4. The number of pyridine rings is 1. The maximum absolute atomic E-state index is 7.10. The second-order valence-electron chi connectivity index (χ2n) is 19.6. The van der Waals surface area contributed by atoms with Gasteiger partial charge in [0.25, 0.3) is 0 Å². The summed E-state index contributed by atoms with van der Waals surface area (Å²) in [6.45, 7) is 23.2. The first-order valence-corrected chi connectivity index (χ1v) is 22.0. The molecular formula is C56H57N4O+. The lowest BCUT2D eigenvalue weighted by Crippen LogP contribution is -2.46. The number of hydrogen-bond donors (Lipinski definition) is 0. The van der Waals surface area contributed by atoms with Gasteiger partial charge in [-0.1, -0.05) is 129 Å². The van der Waals surface area contributed by atoms with Crippen molar-refractivity contribution in [3.05, 3.63) is 175 Å². The Morgan fingerprint density at radius 3 is 1.84 bits per heavy atom. The van der Waals surface area contributed by atoms with Crippen molar-refractivity contribution >= 4 is 44.6 Å². The minimum atomic E-state index is -0.0325. The molecule has 0 saturated carbocycles. The molecule has 1 unspecified atom stereocenters. The van der Waals surface area contributed by atoms with Gasteiger partial charge in [0, 0.05) is 59.4 Å². The molecular weight excluding hydrogens is 745 g/mol. The summed E-state index contributed by atoms with van der Waals surface area (Å²) in [5.41, 5.74) is 13.6. The van der Waals surface area contributed by atoms with E-state index in [0.29, 0.717) is 9.18 Å². The average molecular weight is 802 g/mol. The van der Waals surface area contributed by atoms with Crippen LogP contribution in [0.25, 0.3) is 38.8 Å². The van der Waals surface area contributed by atoms with E-state index in [0.717, 1.165) is 41.2 Å². The van der Waals surface area contributed by atoms with E-state index in [1.807, 2.05) is 6.20 Å². The van der Waals surface area contributed by atoms with Crippen LogP contribution in [-0.2, 0) is 16.2 Å². The number of nitrogens with zero attached hydrogens (tertiary/aromatic N) is 4. The number of fused-ring (bicyclic) bond motifs is 7. The summed E-state index contributed by atoms with van der Waals surface area (Å²) < 4.78 is 10.6. The predicted molar refractivity (Wildman–Crippen MR) is 256 cm³/mol. The highest BCUT2D eigenvalue weighted by atomic mass is 16.5. The molecule has 5 nitrogen and oxygen atoms in total. The summed E-state index contributed by atoms with van der Waals surface area (Å²) >= 11 is 0. The van der Waals surface area contributed by atoms with Gasteiger partial charge in [-0.25, -0.2) is 4.98 Å². The SMILES string of the molecule is CCC(C)(CC)c1cc(Oc2ccc3c4ccccc4n(-c4cc(C(C)(C)C)ccn4)c3c2)cc([N+]23[CH-][N@+]2(c2cc(-c4ccccc4)cc(C(C)(C)C)c2)c2ccccc23)c1. The number of aromatic nitrogens is 2. The molecule has 2 aromatic heterocycles. The van der Waals surface area contributed by atoms with Crippen molar-refractivity contribution in [3.8, 4) is 28.4 Å². The van der Waals surface area contributed by atoms with Gasteiger partial charge in [-0.05, 0) is 93.3 Å². The molecule has 0 bridgehead atoms. The number of rotatable bonds is 9. The van der Waals surface area contributed by atoms with Crippen molar-refractivity contribution in [1.82, 2.24) is 18.7 Å². The van der Waals surface area contributed by atoms with Crippen LogP contribution in [0.1, 0.15) is 91.8 Å². The van der Waals surface area contributed by atoms with Gasteiger partial charge in [-0.3, -0.25) is 4.57 Å². The Balaban J connectivity index is 1.13. The van der Waals surface area contributed by atoms with Crippen molar-refractivity contribution in [3.63, 3.8) is 0 Å². The zero-order valence-electron chi connectivity index (χ0n) is 37.1. The van der Waals surface area contributed by atoms with E-state index in [2.05, 4.69) is 219 Å². The van der Waals surface area contributed by atoms with Crippen LogP contribution in [0.5, 0.6) is 11.5 Å². The first-order valence-electron chi connectivity index (χ1n) is 22.0. The van der Waals surface area contributed by atoms with Crippen LogP contribution >= 0.6 is 0 Å². The molecule has 0 spiro atoms. The standard InChI is InChI=1S/C56H57N4O/c1-10-56(9,11-2)42-32-44(60-37-59(60,51-23-17-18-24-52(51)60)43-30-39(38-19-13-12-14-20-38)29-41(31-43)55(6,7)8)35-46(33-42)61-45-25-26-48-47-21-15-16-22-49(47)58(50(48)36-45)53-34-40(27-28-57-53)54(3,4)5/h12-37H,10-11H2,1-9H3/q+1/t59-,60?/m0/s1. The Hall–Kier alpha value is -6.01. The van der Waals surface area contributed by atoms with Crippen LogP contribution < -0.4 is 13.9 Å². The molecule has 0 amide bonds. The molecule has 1 saturated heterocycles. The Morgan fingerprint density at radius 1 is 0.525 bits per heavy atom. The lowest BCUT2D eigenvalue weighted by atomic mass is 9.77. The molecule has 2 aliphatic rings. The molecule has 0 aliphatic carbocycles. The molecule has 8 aromatic rings. The number of hydrogen-bond acceptors (Lipinski definition) is 2. The highest BCUT2D eigenvalue weighted by Gasteiger charge is 2.78. The first-order chi connectivity index (χ1) is 29.2. The highest BCUT2D eigenvalue weighted by molar-refractivity contribution is 6.09. The monoisotopic (exact) mass is 801 g/mol. The topological polar surface area (TPSA) is 27.1 Å². The summed E-state index contributed by atoms with van der Waals surface area (Å²) in [5.74, 6) is 2.55. The van der Waals surface area contributed by atoms with Crippen LogP contribution in [-0.4, -0.2) is 9.55 Å². The zero-order valence-corrected chi connectivity index (χ0v) is 37.1. The van der Waals surface area contributed by atoms with Gasteiger partial charge >= 0.3 is 0 Å². The third-order valence-corrected chi connectivity index (χ3v) is 13.9. The second kappa shape index (κ2) is 13.8. The predicted octanol–water partition coefficient (Wildman–Crippen LogP) is 15.7. The maximum atomic E-state index is 7.10. The third-order valence-electron chi connectivity index (χ3n) is 13.9. The Bertz CT molecular complexity index is 3000. The minimum Gasteiger partial charge on any atom is -0.457 e. The van der Waals surface area contributed by atoms with Crippen molar-refractivity contribution in [1.29, 1.82) is 0 Å². The molecule has 4 heterocycles. The lowest BCUT2D eigenvalue weighted by molar-refractivity contribution is 0.413. The van der Waals surface area contributed by atoms with Crippen molar-refractivity contribution in [2.75, 3.05) is 0 Å². The zero-order chi connectivity index (χ0) is 42.5. The van der Waals surface area contributed by atoms with Crippen LogP contribution in [0.4, 0.5) is 22.7 Å². The number of quaternary nitrogens is 2. The Labute approximate surface area is 361 Å². The Morgan fingerprint density at radius 2 is 1.15 bits per heavy atom. The molecule has 2 atom stereocenters. The fourth-order valence-electron chi connectivity index (χ4n) is 9.74. The van der Waals surface area contributed by atoms with E-state index in [-0.39, 0.29) is 16.2 Å². The molecule has 6 aromatic carbocycles. The largest absolute Gasteiger partial charge is 0.457 e. The van der Waals surface area contributed by atoms with Crippen molar-refractivity contribution < 1.29 is 4.74 Å². The van der Waals surface area contributed by atoms with Gasteiger partial charge in [-0.2, -0.15) is 9.18 Å². The van der Waals surface area contributed by atoms with Gasteiger partial charge in [-0.15, -0.1) is 0 Å². The van der Waals surface area contributed by atoms with Crippen molar-refractivity contribution in [2.45, 2.75) is 91.4 Å². The average Bonchev–Trinajstić information content (AvgIpc) is 3.76. The summed E-state index contributed by atoms with van der Waals surface area (Å²) in [5, 5.41) is 2.37. The highest BCUT2D eigenvalue weighted by Crippen LogP contribution is 2.75. The first kappa shape index (κ1) is 39.1. The lowest BCUT2D eigenvalue weighted by Gasteiger charge is -2.41. The van der Waals surface area contributed by atoms with Crippen LogP contribution in [0.15, 0.2) is 152 Å². The number of benzene rings is 6. The van der Waals surface area contributed by atoms with E-state index in [4.69, 9.17) is 9.72 Å². The number of para-hydroxylation sites is 3. The molecule has 2 aliphatic heterocycles. The molecule has 306 valence electrons. The minimum absolute atomic E-state index is 0.00719. The van der Waals surface area contributed by atoms with E-state index in [1.165, 1.54) is 61.3 Å². The van der Waals surface area contributed by atoms with Gasteiger partial charge in [0.05, 0.1) is 11.0 Å². The smallest absolute Gasteiger partial charge is 0.225 e. The third kappa shape index (κ3) is 6.00. The molecule has 0 N–H and O–H groups in total. The van der Waals surface area contributed by atoms with Crippen LogP contribution in [0.3, 0.4) is 0 Å². The van der Waals surface area contributed by atoms with Crippen LogP contribution in [0.2, 0.25) is 0 Å². The van der Waals surface area contributed by atoms with Crippen molar-refractivity contribution in [2.24, 2.45) is 0 Å². The number of ether oxygens (including phenoxy) is 1.